The highest BCUT2D eigenvalue weighted by molar-refractivity contribution is 6.00. The van der Waals surface area contributed by atoms with Crippen LogP contribution in [0, 0.1) is 27.7 Å². The number of anilines is 1. The van der Waals surface area contributed by atoms with E-state index >= 15 is 0 Å². The fraction of sp³-hybridized carbons (Fsp3) is 0.467. The van der Waals surface area contributed by atoms with Crippen LogP contribution in [0.4, 0.5) is 10.5 Å². The minimum absolute atomic E-state index is 0.197. The minimum atomic E-state index is -1.32. The summed E-state index contributed by atoms with van der Waals surface area (Å²) in [6, 6.07) is 9.08. The number of hydrogen-bond acceptors (Lipinski definition) is 5. The van der Waals surface area contributed by atoms with Gasteiger partial charge in [0, 0.05) is 12.2 Å². The fourth-order valence-corrected chi connectivity index (χ4v) is 4.37. The molecule has 0 aliphatic heterocycles. The standard InChI is InChI=1S/C30H42N4O5/c1-9-15-34(28(37)23(17-24(31)35)32-29(38)39-30(6,7)8)26(22-16-18(2)13-14-19(22)3)27(36)33-25-20(4)11-10-12-21(25)5/h10-14,16,23,26H,9,15,17H2,1-8H3,(H2,31,35)(H,32,38)(H,33,36). The lowest BCUT2D eigenvalue weighted by molar-refractivity contribution is -0.141. The lowest BCUT2D eigenvalue weighted by Crippen LogP contribution is -2.53. The normalized spacial score (nSPS) is 12.7. The number of nitrogens with two attached hydrogens (primary N) is 1. The van der Waals surface area contributed by atoms with Gasteiger partial charge in [-0.25, -0.2) is 4.79 Å². The van der Waals surface area contributed by atoms with Crippen molar-refractivity contribution in [2.45, 2.75) is 85.9 Å². The molecule has 9 nitrogen and oxygen atoms in total. The van der Waals surface area contributed by atoms with Gasteiger partial charge in [-0.05, 0) is 77.1 Å². The molecule has 4 N–H and O–H groups in total. The maximum absolute atomic E-state index is 14.0. The highest BCUT2D eigenvalue weighted by Crippen LogP contribution is 2.30. The van der Waals surface area contributed by atoms with E-state index in [1.54, 1.807) is 20.8 Å². The Hall–Kier alpha value is -3.88. The van der Waals surface area contributed by atoms with Gasteiger partial charge in [-0.1, -0.05) is 48.9 Å². The highest BCUT2D eigenvalue weighted by Gasteiger charge is 2.37. The molecule has 9 heteroatoms. The van der Waals surface area contributed by atoms with Crippen molar-refractivity contribution in [3.63, 3.8) is 0 Å². The van der Waals surface area contributed by atoms with Crippen molar-refractivity contribution in [1.29, 1.82) is 0 Å². The molecule has 39 heavy (non-hydrogen) atoms. The number of carbonyl (C=O) groups is 4. The molecule has 212 valence electrons. The van der Waals surface area contributed by atoms with Gasteiger partial charge in [-0.15, -0.1) is 0 Å². The van der Waals surface area contributed by atoms with Gasteiger partial charge < -0.3 is 26.0 Å². The van der Waals surface area contributed by atoms with Crippen LogP contribution in [-0.4, -0.2) is 46.9 Å². The van der Waals surface area contributed by atoms with E-state index in [-0.39, 0.29) is 6.54 Å². The zero-order valence-corrected chi connectivity index (χ0v) is 24.3. The van der Waals surface area contributed by atoms with E-state index in [1.165, 1.54) is 4.90 Å². The Morgan fingerprint density at radius 3 is 2.13 bits per heavy atom. The van der Waals surface area contributed by atoms with Crippen LogP contribution in [-0.2, 0) is 19.1 Å². The van der Waals surface area contributed by atoms with E-state index in [1.807, 2.05) is 71.0 Å². The second-order valence-electron chi connectivity index (χ2n) is 10.9. The Labute approximate surface area is 231 Å². The molecule has 0 saturated carbocycles. The number of hydrogen-bond donors (Lipinski definition) is 3. The number of aryl methyl sites for hydroxylation is 4. The fourth-order valence-electron chi connectivity index (χ4n) is 4.37. The molecule has 0 saturated heterocycles. The first-order valence-corrected chi connectivity index (χ1v) is 13.2. The van der Waals surface area contributed by atoms with Gasteiger partial charge in [0.1, 0.15) is 17.7 Å². The Morgan fingerprint density at radius 1 is 0.974 bits per heavy atom. The molecule has 0 aliphatic rings. The second kappa shape index (κ2) is 13.3. The molecule has 0 aliphatic carbocycles. The van der Waals surface area contributed by atoms with Crippen LogP contribution in [0.2, 0.25) is 0 Å². The van der Waals surface area contributed by atoms with Gasteiger partial charge in [0.15, 0.2) is 0 Å². The van der Waals surface area contributed by atoms with Gasteiger partial charge in [0.2, 0.25) is 11.8 Å². The molecule has 0 heterocycles. The largest absolute Gasteiger partial charge is 0.444 e. The van der Waals surface area contributed by atoms with Crippen LogP contribution in [0.25, 0.3) is 0 Å². The molecule has 2 unspecified atom stereocenters. The number of rotatable bonds is 10. The van der Waals surface area contributed by atoms with Gasteiger partial charge in [0.25, 0.3) is 5.91 Å². The number of primary amides is 1. The molecule has 0 bridgehead atoms. The molecule has 2 aromatic rings. The predicted molar refractivity (Wildman–Crippen MR) is 152 cm³/mol. The topological polar surface area (TPSA) is 131 Å². The number of ether oxygens (including phenoxy) is 1. The molecule has 0 aromatic heterocycles. The average molecular weight is 539 g/mol. The van der Waals surface area contributed by atoms with Crippen LogP contribution in [0.3, 0.4) is 0 Å². The summed E-state index contributed by atoms with van der Waals surface area (Å²) in [6.45, 7) is 14.7. The van der Waals surface area contributed by atoms with E-state index in [0.717, 1.165) is 22.3 Å². The maximum Gasteiger partial charge on any atom is 0.408 e. The molecule has 2 rings (SSSR count). The monoisotopic (exact) mass is 538 g/mol. The Kier molecular flexibility index (Phi) is 10.7. The Balaban J connectivity index is 2.61. The molecular weight excluding hydrogens is 496 g/mol. The van der Waals surface area contributed by atoms with Crippen molar-refractivity contribution in [2.75, 3.05) is 11.9 Å². The van der Waals surface area contributed by atoms with Crippen molar-refractivity contribution >= 4 is 29.5 Å². The molecule has 0 spiro atoms. The van der Waals surface area contributed by atoms with E-state index in [4.69, 9.17) is 10.5 Å². The average Bonchev–Trinajstić information content (AvgIpc) is 2.81. The third-order valence-electron chi connectivity index (χ3n) is 6.16. The molecular formula is C30H42N4O5. The SMILES string of the molecule is CCCN(C(=O)C(CC(N)=O)NC(=O)OC(C)(C)C)C(C(=O)Nc1c(C)cccc1C)c1cc(C)ccc1C. The quantitative estimate of drug-likeness (QED) is 0.407. The third-order valence-corrected chi connectivity index (χ3v) is 6.16. The summed E-state index contributed by atoms with van der Waals surface area (Å²) in [4.78, 5) is 54.0. The van der Waals surface area contributed by atoms with E-state index < -0.39 is 47.9 Å². The van der Waals surface area contributed by atoms with Crippen LogP contribution >= 0.6 is 0 Å². The van der Waals surface area contributed by atoms with Crippen LogP contribution in [0.1, 0.15) is 74.4 Å². The number of para-hydroxylation sites is 1. The number of carbonyl (C=O) groups excluding carboxylic acids is 4. The molecule has 0 radical (unpaired) electrons. The molecule has 0 fully saturated rings. The van der Waals surface area contributed by atoms with Gasteiger partial charge in [-0.3, -0.25) is 14.4 Å². The van der Waals surface area contributed by atoms with Gasteiger partial charge >= 0.3 is 6.09 Å². The summed E-state index contributed by atoms with van der Waals surface area (Å²) in [7, 11) is 0. The second-order valence-corrected chi connectivity index (χ2v) is 10.9. The van der Waals surface area contributed by atoms with Crippen LogP contribution in [0.15, 0.2) is 36.4 Å². The van der Waals surface area contributed by atoms with Crippen LogP contribution in [0.5, 0.6) is 0 Å². The Bertz CT molecular complexity index is 1200. The highest BCUT2D eigenvalue weighted by atomic mass is 16.6. The van der Waals surface area contributed by atoms with Crippen molar-refractivity contribution in [2.24, 2.45) is 5.73 Å². The summed E-state index contributed by atoms with van der Waals surface area (Å²) < 4.78 is 5.32. The molecule has 2 atom stereocenters. The number of nitrogens with zero attached hydrogens (tertiary/aromatic N) is 1. The molecule has 4 amide bonds. The summed E-state index contributed by atoms with van der Waals surface area (Å²) in [5.74, 6) is -1.79. The zero-order valence-electron chi connectivity index (χ0n) is 24.3. The number of amides is 4. The van der Waals surface area contributed by atoms with Crippen molar-refractivity contribution in [3.8, 4) is 0 Å². The minimum Gasteiger partial charge on any atom is -0.444 e. The first-order chi connectivity index (χ1) is 18.1. The smallest absolute Gasteiger partial charge is 0.408 e. The van der Waals surface area contributed by atoms with Crippen LogP contribution < -0.4 is 16.4 Å². The van der Waals surface area contributed by atoms with E-state index in [2.05, 4.69) is 10.6 Å². The lowest BCUT2D eigenvalue weighted by atomic mass is 9.95. The Morgan fingerprint density at radius 2 is 1.59 bits per heavy atom. The summed E-state index contributed by atoms with van der Waals surface area (Å²) in [6.07, 6.45) is -0.780. The first-order valence-electron chi connectivity index (χ1n) is 13.2. The predicted octanol–water partition coefficient (Wildman–Crippen LogP) is 4.61. The maximum atomic E-state index is 14.0. The summed E-state index contributed by atoms with van der Waals surface area (Å²) in [5.41, 5.74) is 9.46. The number of benzene rings is 2. The zero-order chi connectivity index (χ0) is 29.5. The van der Waals surface area contributed by atoms with Crippen molar-refractivity contribution in [3.05, 3.63) is 64.2 Å². The summed E-state index contributed by atoms with van der Waals surface area (Å²) >= 11 is 0. The summed E-state index contributed by atoms with van der Waals surface area (Å²) in [5, 5.41) is 5.53. The number of alkyl carbamates (subject to hydrolysis) is 1. The lowest BCUT2D eigenvalue weighted by Gasteiger charge is -2.35. The van der Waals surface area contributed by atoms with Crippen molar-refractivity contribution < 1.29 is 23.9 Å². The number of nitrogens with one attached hydrogen (secondary N) is 2. The van der Waals surface area contributed by atoms with Gasteiger partial charge in [-0.2, -0.15) is 0 Å². The van der Waals surface area contributed by atoms with E-state index in [0.29, 0.717) is 17.7 Å². The molecule has 2 aromatic carbocycles. The van der Waals surface area contributed by atoms with E-state index in [9.17, 15) is 19.2 Å². The third kappa shape index (κ3) is 8.84. The van der Waals surface area contributed by atoms with Crippen molar-refractivity contribution in [1.82, 2.24) is 10.2 Å². The first kappa shape index (κ1) is 31.3. The van der Waals surface area contributed by atoms with Gasteiger partial charge in [0.05, 0.1) is 6.42 Å².